The number of hydrogen-bond acceptors (Lipinski definition) is 3. The molecule has 0 spiro atoms. The maximum absolute atomic E-state index is 11.9. The van der Waals surface area contributed by atoms with Gasteiger partial charge in [0.1, 0.15) is 0 Å². The molecule has 0 fully saturated rings. The summed E-state index contributed by atoms with van der Waals surface area (Å²) in [6.45, 7) is 6.09. The summed E-state index contributed by atoms with van der Waals surface area (Å²) >= 11 is 0. The van der Waals surface area contributed by atoms with Gasteiger partial charge in [-0.15, -0.1) is 0 Å². The van der Waals surface area contributed by atoms with Crippen molar-refractivity contribution in [3.8, 4) is 0 Å². The van der Waals surface area contributed by atoms with E-state index in [1.165, 1.54) is 0 Å². The van der Waals surface area contributed by atoms with Gasteiger partial charge in [0.15, 0.2) is 0 Å². The summed E-state index contributed by atoms with van der Waals surface area (Å²) in [6, 6.07) is 6.69. The third kappa shape index (κ3) is 6.72. The fourth-order valence-corrected chi connectivity index (χ4v) is 1.87. The van der Waals surface area contributed by atoms with Gasteiger partial charge >= 0.3 is 0 Å². The van der Waals surface area contributed by atoms with Crippen LogP contribution in [0.4, 0.5) is 0 Å². The van der Waals surface area contributed by atoms with Crippen molar-refractivity contribution in [2.24, 2.45) is 5.92 Å². The van der Waals surface area contributed by atoms with Crippen molar-refractivity contribution in [3.05, 3.63) is 35.4 Å². The van der Waals surface area contributed by atoms with Crippen LogP contribution in [0.2, 0.25) is 0 Å². The minimum Gasteiger partial charge on any atom is -0.385 e. The van der Waals surface area contributed by atoms with Crippen LogP contribution >= 0.6 is 0 Å². The molecule has 0 saturated carbocycles. The maximum atomic E-state index is 11.9. The number of ether oxygens (including phenoxy) is 1. The van der Waals surface area contributed by atoms with Crippen molar-refractivity contribution in [1.29, 1.82) is 0 Å². The zero-order valence-corrected chi connectivity index (χ0v) is 13.6. The summed E-state index contributed by atoms with van der Waals surface area (Å²) in [5, 5.41) is 5.68. The molecular weight excluding hydrogens is 280 g/mol. The molecule has 2 amide bonds. The number of methoxy groups -OCH3 is 1. The maximum Gasteiger partial charge on any atom is 0.251 e. The van der Waals surface area contributed by atoms with E-state index in [0.29, 0.717) is 36.7 Å². The number of hydrogen-bond donors (Lipinski definition) is 2. The van der Waals surface area contributed by atoms with Crippen molar-refractivity contribution in [1.82, 2.24) is 10.6 Å². The predicted octanol–water partition coefficient (Wildman–Crippen LogP) is 2.23. The van der Waals surface area contributed by atoms with Crippen LogP contribution in [-0.4, -0.2) is 38.6 Å². The molecule has 0 atom stereocenters. The number of amides is 2. The summed E-state index contributed by atoms with van der Waals surface area (Å²) < 4.78 is 4.92. The standard InChI is InChI=1S/C17H26N2O3/c1-13(2)9-11-19-17(21)15-7-5-14(6-8-15)16(20)18-10-4-12-22-3/h5-8,13H,4,9-12H2,1-3H3,(H,18,20)(H,19,21). The highest BCUT2D eigenvalue weighted by molar-refractivity contribution is 5.97. The van der Waals surface area contributed by atoms with Gasteiger partial charge in [-0.3, -0.25) is 9.59 Å². The average Bonchev–Trinajstić information content (AvgIpc) is 2.51. The van der Waals surface area contributed by atoms with Gasteiger partial charge in [-0.05, 0) is 43.0 Å². The van der Waals surface area contributed by atoms with Crippen LogP contribution < -0.4 is 10.6 Å². The van der Waals surface area contributed by atoms with E-state index in [2.05, 4.69) is 24.5 Å². The summed E-state index contributed by atoms with van der Waals surface area (Å²) in [7, 11) is 1.63. The number of nitrogens with one attached hydrogen (secondary N) is 2. The highest BCUT2D eigenvalue weighted by atomic mass is 16.5. The molecule has 0 aliphatic heterocycles. The summed E-state index contributed by atoms with van der Waals surface area (Å²) in [6.07, 6.45) is 1.73. The Kier molecular flexibility index (Phi) is 8.22. The second kappa shape index (κ2) is 9.95. The van der Waals surface area contributed by atoms with Gasteiger partial charge in [0.05, 0.1) is 0 Å². The number of benzene rings is 1. The summed E-state index contributed by atoms with van der Waals surface area (Å²) in [5.41, 5.74) is 1.12. The third-order valence-electron chi connectivity index (χ3n) is 3.23. The Morgan fingerprint density at radius 3 is 1.95 bits per heavy atom. The van der Waals surface area contributed by atoms with Gasteiger partial charge in [0, 0.05) is 37.9 Å². The molecule has 0 aliphatic rings. The van der Waals surface area contributed by atoms with E-state index < -0.39 is 0 Å². The topological polar surface area (TPSA) is 67.4 Å². The summed E-state index contributed by atoms with van der Waals surface area (Å²) in [4.78, 5) is 23.8. The minimum atomic E-state index is -0.136. The number of carbonyl (C=O) groups is 2. The lowest BCUT2D eigenvalue weighted by Crippen LogP contribution is -2.26. The highest BCUT2D eigenvalue weighted by Gasteiger charge is 2.08. The van der Waals surface area contributed by atoms with Crippen LogP contribution in [-0.2, 0) is 4.74 Å². The fraction of sp³-hybridized carbons (Fsp3) is 0.529. The monoisotopic (exact) mass is 306 g/mol. The Hall–Kier alpha value is -1.88. The van der Waals surface area contributed by atoms with Crippen LogP contribution in [0.25, 0.3) is 0 Å². The van der Waals surface area contributed by atoms with Crippen LogP contribution in [0.15, 0.2) is 24.3 Å². The molecular formula is C17H26N2O3. The van der Waals surface area contributed by atoms with Gasteiger partial charge < -0.3 is 15.4 Å². The van der Waals surface area contributed by atoms with E-state index in [1.54, 1.807) is 31.4 Å². The zero-order chi connectivity index (χ0) is 16.4. The first-order chi connectivity index (χ1) is 10.5. The number of carbonyl (C=O) groups excluding carboxylic acids is 2. The van der Waals surface area contributed by atoms with Gasteiger partial charge in [-0.25, -0.2) is 0 Å². The lowest BCUT2D eigenvalue weighted by Gasteiger charge is -2.08. The van der Waals surface area contributed by atoms with Crippen molar-refractivity contribution in [3.63, 3.8) is 0 Å². The van der Waals surface area contributed by atoms with Crippen molar-refractivity contribution in [2.45, 2.75) is 26.7 Å². The summed E-state index contributed by atoms with van der Waals surface area (Å²) in [5.74, 6) is 0.319. The quantitative estimate of drug-likeness (QED) is 0.688. The molecule has 0 aliphatic carbocycles. The van der Waals surface area contributed by atoms with Gasteiger partial charge in [-0.1, -0.05) is 13.8 Å². The molecule has 0 aromatic heterocycles. The SMILES string of the molecule is COCCCNC(=O)c1ccc(C(=O)NCCC(C)C)cc1. The predicted molar refractivity (Wildman–Crippen MR) is 87.1 cm³/mol. The average molecular weight is 306 g/mol. The Morgan fingerprint density at radius 2 is 1.50 bits per heavy atom. The van der Waals surface area contributed by atoms with Crippen LogP contribution in [0, 0.1) is 5.92 Å². The van der Waals surface area contributed by atoms with Gasteiger partial charge in [-0.2, -0.15) is 0 Å². The van der Waals surface area contributed by atoms with Crippen LogP contribution in [0.1, 0.15) is 47.4 Å². The molecule has 1 aromatic carbocycles. The zero-order valence-electron chi connectivity index (χ0n) is 13.6. The van der Waals surface area contributed by atoms with E-state index in [1.807, 2.05) is 0 Å². The van der Waals surface area contributed by atoms with E-state index >= 15 is 0 Å². The molecule has 5 heteroatoms. The van der Waals surface area contributed by atoms with Gasteiger partial charge in [0.25, 0.3) is 11.8 Å². The van der Waals surface area contributed by atoms with Crippen LogP contribution in [0.3, 0.4) is 0 Å². The fourth-order valence-electron chi connectivity index (χ4n) is 1.87. The molecule has 0 unspecified atom stereocenters. The second-order valence-electron chi connectivity index (χ2n) is 5.62. The van der Waals surface area contributed by atoms with Crippen LogP contribution in [0.5, 0.6) is 0 Å². The lowest BCUT2D eigenvalue weighted by molar-refractivity contribution is 0.0938. The lowest BCUT2D eigenvalue weighted by atomic mass is 10.1. The Bertz CT molecular complexity index is 469. The first-order valence-electron chi connectivity index (χ1n) is 7.70. The smallest absolute Gasteiger partial charge is 0.251 e. The molecule has 1 aromatic rings. The second-order valence-corrected chi connectivity index (χ2v) is 5.62. The van der Waals surface area contributed by atoms with Crippen molar-refractivity contribution < 1.29 is 14.3 Å². The Labute approximate surface area is 132 Å². The van der Waals surface area contributed by atoms with E-state index in [9.17, 15) is 9.59 Å². The van der Waals surface area contributed by atoms with Crippen molar-refractivity contribution in [2.75, 3.05) is 26.8 Å². The Morgan fingerprint density at radius 1 is 1.00 bits per heavy atom. The first kappa shape index (κ1) is 18.2. The molecule has 0 radical (unpaired) electrons. The molecule has 5 nitrogen and oxygen atoms in total. The van der Waals surface area contributed by atoms with E-state index in [-0.39, 0.29) is 11.8 Å². The molecule has 1 rings (SSSR count). The Balaban J connectivity index is 2.44. The van der Waals surface area contributed by atoms with E-state index in [4.69, 9.17) is 4.74 Å². The molecule has 0 heterocycles. The molecule has 22 heavy (non-hydrogen) atoms. The number of rotatable bonds is 9. The largest absolute Gasteiger partial charge is 0.385 e. The minimum absolute atomic E-state index is 0.104. The molecule has 2 N–H and O–H groups in total. The molecule has 122 valence electrons. The third-order valence-corrected chi connectivity index (χ3v) is 3.23. The first-order valence-corrected chi connectivity index (χ1v) is 7.70. The molecule has 0 saturated heterocycles. The van der Waals surface area contributed by atoms with Crippen molar-refractivity contribution >= 4 is 11.8 Å². The highest BCUT2D eigenvalue weighted by Crippen LogP contribution is 2.05. The van der Waals surface area contributed by atoms with Gasteiger partial charge in [0.2, 0.25) is 0 Å². The van der Waals surface area contributed by atoms with E-state index in [0.717, 1.165) is 12.8 Å². The normalized spacial score (nSPS) is 10.5. The molecule has 0 bridgehead atoms.